The smallest absolute Gasteiger partial charge is 0.310 e. The standard InChI is InChI=1S/C14H17NO4/c1-19-14(18)12-9-15(8-11(12)13(16)17)7-10-5-3-2-4-6-10/h2-6,11-12H,7-9H2,1H3,(H,16,17)/p-1/t11-,12-/m0/s1. The Labute approximate surface area is 111 Å². The van der Waals surface area contributed by atoms with Gasteiger partial charge in [-0.3, -0.25) is 9.69 Å². The Morgan fingerprint density at radius 2 is 1.89 bits per heavy atom. The van der Waals surface area contributed by atoms with Gasteiger partial charge in [0.1, 0.15) is 0 Å². The second-order valence-electron chi connectivity index (χ2n) is 4.73. The van der Waals surface area contributed by atoms with Crippen molar-refractivity contribution in [3.05, 3.63) is 35.9 Å². The molecule has 0 radical (unpaired) electrons. The second kappa shape index (κ2) is 5.84. The van der Waals surface area contributed by atoms with E-state index in [1.807, 2.05) is 35.2 Å². The number of methoxy groups -OCH3 is 1. The number of ether oxygens (including phenoxy) is 1. The van der Waals surface area contributed by atoms with E-state index in [0.717, 1.165) is 5.56 Å². The van der Waals surface area contributed by atoms with E-state index in [0.29, 0.717) is 19.6 Å². The van der Waals surface area contributed by atoms with E-state index in [9.17, 15) is 14.7 Å². The number of esters is 1. The first-order chi connectivity index (χ1) is 9.11. The topological polar surface area (TPSA) is 69.7 Å². The summed E-state index contributed by atoms with van der Waals surface area (Å²) >= 11 is 0. The van der Waals surface area contributed by atoms with Crippen LogP contribution in [0.4, 0.5) is 0 Å². The van der Waals surface area contributed by atoms with Crippen LogP contribution < -0.4 is 5.11 Å². The lowest BCUT2D eigenvalue weighted by molar-refractivity contribution is -0.312. The van der Waals surface area contributed by atoms with Crippen LogP contribution in [0.25, 0.3) is 0 Å². The maximum Gasteiger partial charge on any atom is 0.310 e. The minimum Gasteiger partial charge on any atom is -0.550 e. The normalized spacial score (nSPS) is 23.2. The number of hydrogen-bond acceptors (Lipinski definition) is 5. The molecule has 5 nitrogen and oxygen atoms in total. The molecule has 1 saturated heterocycles. The Hall–Kier alpha value is -1.88. The number of benzene rings is 1. The average molecular weight is 262 g/mol. The van der Waals surface area contributed by atoms with E-state index < -0.39 is 23.8 Å². The van der Waals surface area contributed by atoms with Gasteiger partial charge in [0.25, 0.3) is 0 Å². The van der Waals surface area contributed by atoms with Crippen LogP contribution in [0.3, 0.4) is 0 Å². The van der Waals surface area contributed by atoms with Gasteiger partial charge in [-0.25, -0.2) is 0 Å². The molecule has 0 N–H and O–H groups in total. The molecular formula is C14H16NO4-. The Balaban J connectivity index is 2.05. The summed E-state index contributed by atoms with van der Waals surface area (Å²) in [5.74, 6) is -3.11. The van der Waals surface area contributed by atoms with Crippen LogP contribution in [0.2, 0.25) is 0 Å². The lowest BCUT2D eigenvalue weighted by atomic mass is 9.97. The number of likely N-dealkylation sites (tertiary alicyclic amines) is 1. The monoisotopic (exact) mass is 262 g/mol. The molecule has 0 amide bonds. The molecule has 0 aliphatic carbocycles. The molecule has 1 fully saturated rings. The predicted molar refractivity (Wildman–Crippen MR) is 65.7 cm³/mol. The number of carbonyl (C=O) groups is 2. The third-order valence-electron chi connectivity index (χ3n) is 3.45. The molecule has 102 valence electrons. The quantitative estimate of drug-likeness (QED) is 0.694. The van der Waals surface area contributed by atoms with Gasteiger partial charge >= 0.3 is 5.97 Å². The first kappa shape index (κ1) is 13.5. The molecule has 1 aromatic carbocycles. The van der Waals surface area contributed by atoms with Gasteiger partial charge in [-0.15, -0.1) is 0 Å². The van der Waals surface area contributed by atoms with Gasteiger partial charge < -0.3 is 14.6 Å². The molecule has 0 unspecified atom stereocenters. The molecule has 0 spiro atoms. The average Bonchev–Trinajstić information content (AvgIpc) is 2.83. The molecule has 2 rings (SSSR count). The maximum absolute atomic E-state index is 11.6. The van der Waals surface area contributed by atoms with Gasteiger partial charge in [-0.1, -0.05) is 30.3 Å². The summed E-state index contributed by atoms with van der Waals surface area (Å²) in [4.78, 5) is 24.6. The van der Waals surface area contributed by atoms with E-state index >= 15 is 0 Å². The molecule has 0 aromatic heterocycles. The van der Waals surface area contributed by atoms with Gasteiger partial charge in [0.2, 0.25) is 0 Å². The molecule has 2 atom stereocenters. The SMILES string of the molecule is COC(=O)[C@H]1CN(Cc2ccccc2)C[C@@H]1C(=O)[O-]. The van der Waals surface area contributed by atoms with Gasteiger partial charge in [0, 0.05) is 31.5 Å². The molecule has 1 aliphatic heterocycles. The predicted octanol–water partition coefficient (Wildman–Crippen LogP) is -0.342. The fourth-order valence-corrected chi connectivity index (χ4v) is 2.49. The number of carboxylic acid groups (broad SMARTS) is 1. The molecule has 1 aromatic rings. The Kier molecular flexibility index (Phi) is 4.16. The Bertz CT molecular complexity index is 460. The third-order valence-corrected chi connectivity index (χ3v) is 3.45. The van der Waals surface area contributed by atoms with Gasteiger partial charge in [-0.05, 0) is 5.56 Å². The molecule has 1 heterocycles. The third kappa shape index (κ3) is 3.12. The van der Waals surface area contributed by atoms with E-state index in [-0.39, 0.29) is 0 Å². The minimum atomic E-state index is -1.19. The van der Waals surface area contributed by atoms with Crippen molar-refractivity contribution >= 4 is 11.9 Å². The largest absolute Gasteiger partial charge is 0.550 e. The van der Waals surface area contributed by atoms with E-state index in [4.69, 9.17) is 0 Å². The summed E-state index contributed by atoms with van der Waals surface area (Å²) in [6.07, 6.45) is 0. The van der Waals surface area contributed by atoms with Crippen molar-refractivity contribution < 1.29 is 19.4 Å². The van der Waals surface area contributed by atoms with Crippen LogP contribution in [-0.2, 0) is 20.9 Å². The fourth-order valence-electron chi connectivity index (χ4n) is 2.49. The van der Waals surface area contributed by atoms with Gasteiger partial charge in [-0.2, -0.15) is 0 Å². The first-order valence-corrected chi connectivity index (χ1v) is 6.16. The van der Waals surface area contributed by atoms with Crippen LogP contribution in [0.1, 0.15) is 5.56 Å². The van der Waals surface area contributed by atoms with Crippen molar-refractivity contribution in [1.29, 1.82) is 0 Å². The second-order valence-corrected chi connectivity index (χ2v) is 4.73. The van der Waals surface area contributed by atoms with Crippen LogP contribution >= 0.6 is 0 Å². The minimum absolute atomic E-state index is 0.316. The van der Waals surface area contributed by atoms with Crippen molar-refractivity contribution in [2.24, 2.45) is 11.8 Å². The number of hydrogen-bond donors (Lipinski definition) is 0. The van der Waals surface area contributed by atoms with Crippen LogP contribution in [0.5, 0.6) is 0 Å². The lowest BCUT2D eigenvalue weighted by Gasteiger charge is -2.16. The number of carbonyl (C=O) groups excluding carboxylic acids is 2. The summed E-state index contributed by atoms with van der Waals surface area (Å²) in [6, 6.07) is 9.73. The highest BCUT2D eigenvalue weighted by Gasteiger charge is 2.38. The van der Waals surface area contributed by atoms with Gasteiger partial charge in [0.15, 0.2) is 0 Å². The highest BCUT2D eigenvalue weighted by atomic mass is 16.5. The summed E-state index contributed by atoms with van der Waals surface area (Å²) < 4.78 is 4.66. The zero-order valence-corrected chi connectivity index (χ0v) is 10.7. The highest BCUT2D eigenvalue weighted by molar-refractivity contribution is 5.81. The summed E-state index contributed by atoms with van der Waals surface area (Å²) in [5, 5.41) is 11.1. The zero-order chi connectivity index (χ0) is 13.8. The van der Waals surface area contributed by atoms with Crippen LogP contribution in [0.15, 0.2) is 30.3 Å². The summed E-state index contributed by atoms with van der Waals surface area (Å²) in [7, 11) is 1.27. The molecule has 1 aliphatic rings. The Morgan fingerprint density at radius 3 is 2.47 bits per heavy atom. The maximum atomic E-state index is 11.6. The molecule has 19 heavy (non-hydrogen) atoms. The van der Waals surface area contributed by atoms with Crippen molar-refractivity contribution in [3.8, 4) is 0 Å². The summed E-state index contributed by atoms with van der Waals surface area (Å²) in [5.41, 5.74) is 1.09. The van der Waals surface area contributed by atoms with Crippen LogP contribution in [-0.4, -0.2) is 37.0 Å². The number of carboxylic acids is 1. The molecule has 0 saturated carbocycles. The zero-order valence-electron chi connectivity index (χ0n) is 10.7. The van der Waals surface area contributed by atoms with E-state index in [1.54, 1.807) is 0 Å². The van der Waals surface area contributed by atoms with E-state index in [1.165, 1.54) is 7.11 Å². The van der Waals surface area contributed by atoms with Crippen molar-refractivity contribution in [1.82, 2.24) is 4.90 Å². The van der Waals surface area contributed by atoms with E-state index in [2.05, 4.69) is 4.74 Å². The summed E-state index contributed by atoms with van der Waals surface area (Å²) in [6.45, 7) is 1.33. The number of rotatable bonds is 4. The molecule has 0 bridgehead atoms. The number of aliphatic carboxylic acids is 1. The fraction of sp³-hybridized carbons (Fsp3) is 0.429. The lowest BCUT2D eigenvalue weighted by Crippen LogP contribution is -2.38. The van der Waals surface area contributed by atoms with Crippen molar-refractivity contribution in [2.45, 2.75) is 6.54 Å². The van der Waals surface area contributed by atoms with Crippen molar-refractivity contribution in [3.63, 3.8) is 0 Å². The number of nitrogens with zero attached hydrogens (tertiary/aromatic N) is 1. The van der Waals surface area contributed by atoms with Crippen molar-refractivity contribution in [2.75, 3.05) is 20.2 Å². The Morgan fingerprint density at radius 1 is 1.26 bits per heavy atom. The molecule has 5 heteroatoms. The highest BCUT2D eigenvalue weighted by Crippen LogP contribution is 2.25. The van der Waals surface area contributed by atoms with Crippen LogP contribution in [0, 0.1) is 11.8 Å². The van der Waals surface area contributed by atoms with Gasteiger partial charge in [0.05, 0.1) is 13.0 Å². The molecular weight excluding hydrogens is 246 g/mol. The first-order valence-electron chi connectivity index (χ1n) is 6.16.